The van der Waals surface area contributed by atoms with Gasteiger partial charge in [0.1, 0.15) is 11.5 Å². The van der Waals surface area contributed by atoms with E-state index in [0.717, 1.165) is 23.8 Å². The van der Waals surface area contributed by atoms with Crippen LogP contribution in [0.2, 0.25) is 0 Å². The average molecular weight is 209 g/mol. The van der Waals surface area contributed by atoms with Gasteiger partial charge >= 0.3 is 0 Å². The minimum Gasteiger partial charge on any atom is -0.371 e. The molecular weight excluding hydrogens is 198 g/mol. The normalized spacial score (nSPS) is 10.4. The van der Waals surface area contributed by atoms with Crippen molar-refractivity contribution in [3.8, 4) is 0 Å². The van der Waals surface area contributed by atoms with E-state index in [1.807, 2.05) is 24.9 Å². The van der Waals surface area contributed by atoms with Gasteiger partial charge < -0.3 is 9.88 Å². The first-order chi connectivity index (χ1) is 6.81. The summed E-state index contributed by atoms with van der Waals surface area (Å²) < 4.78 is 10.3. The molecule has 6 heteroatoms. The number of rotatable bonds is 3. The third-order valence-corrected chi connectivity index (χ3v) is 2.61. The van der Waals surface area contributed by atoms with Gasteiger partial charge in [-0.3, -0.25) is 0 Å². The van der Waals surface area contributed by atoms with E-state index in [4.69, 9.17) is 0 Å². The molecule has 2 aromatic rings. The second kappa shape index (κ2) is 3.75. The van der Waals surface area contributed by atoms with E-state index < -0.39 is 0 Å². The van der Waals surface area contributed by atoms with Gasteiger partial charge in [-0.15, -0.1) is 0 Å². The lowest BCUT2D eigenvalue weighted by Crippen LogP contribution is -2.01. The fourth-order valence-electron chi connectivity index (χ4n) is 1.23. The van der Waals surface area contributed by atoms with Crippen LogP contribution >= 0.6 is 11.7 Å². The zero-order valence-electron chi connectivity index (χ0n) is 8.06. The Bertz CT molecular complexity index is 419. The van der Waals surface area contributed by atoms with Gasteiger partial charge in [-0.2, -0.15) is 8.75 Å². The molecule has 0 spiro atoms. The first kappa shape index (κ1) is 9.14. The fourth-order valence-corrected chi connectivity index (χ4v) is 1.80. The van der Waals surface area contributed by atoms with Crippen molar-refractivity contribution in [3.63, 3.8) is 0 Å². The topological polar surface area (TPSA) is 55.6 Å². The van der Waals surface area contributed by atoms with Crippen LogP contribution in [0, 0.1) is 0 Å². The lowest BCUT2D eigenvalue weighted by Gasteiger charge is -2.00. The Morgan fingerprint density at radius 2 is 2.36 bits per heavy atom. The quantitative estimate of drug-likeness (QED) is 0.816. The van der Waals surface area contributed by atoms with Gasteiger partial charge in [0.25, 0.3) is 0 Å². The van der Waals surface area contributed by atoms with E-state index in [2.05, 4.69) is 19.0 Å². The minimum absolute atomic E-state index is 0.718. The number of aromatic nitrogens is 4. The number of anilines is 1. The van der Waals surface area contributed by atoms with Crippen LogP contribution in [-0.2, 0) is 13.5 Å². The molecule has 0 aliphatic carbocycles. The molecule has 2 rings (SSSR count). The molecule has 1 N–H and O–H groups in total. The number of nitrogens with one attached hydrogen (secondary N) is 1. The fraction of sp³-hybridized carbons (Fsp3) is 0.375. The molecule has 0 fully saturated rings. The Labute approximate surface area is 86.1 Å². The Hall–Kier alpha value is -1.43. The van der Waals surface area contributed by atoms with Gasteiger partial charge in [-0.25, -0.2) is 4.98 Å². The lowest BCUT2D eigenvalue weighted by molar-refractivity contribution is 0.816. The molecule has 0 amide bonds. The van der Waals surface area contributed by atoms with E-state index >= 15 is 0 Å². The maximum absolute atomic E-state index is 4.24. The molecule has 0 aromatic carbocycles. The van der Waals surface area contributed by atoms with Crippen LogP contribution in [0.25, 0.3) is 0 Å². The summed E-state index contributed by atoms with van der Waals surface area (Å²) in [6.07, 6.45) is 4.43. The summed E-state index contributed by atoms with van der Waals surface area (Å²) >= 11 is 1.22. The molecule has 74 valence electrons. The SMILES string of the molecule is CNc1nsnc1Cc1nccn1C. The highest BCUT2D eigenvalue weighted by Crippen LogP contribution is 2.14. The number of nitrogens with zero attached hydrogens (tertiary/aromatic N) is 4. The molecule has 0 aliphatic heterocycles. The largest absolute Gasteiger partial charge is 0.371 e. The molecule has 2 aromatic heterocycles. The molecule has 0 saturated heterocycles. The number of aryl methyl sites for hydroxylation is 1. The van der Waals surface area contributed by atoms with Crippen LogP contribution in [0.4, 0.5) is 5.82 Å². The summed E-state index contributed by atoms with van der Waals surface area (Å²) in [5.41, 5.74) is 0.951. The lowest BCUT2D eigenvalue weighted by atomic mass is 10.3. The number of imidazole rings is 1. The van der Waals surface area contributed by atoms with Gasteiger partial charge in [0.15, 0.2) is 5.82 Å². The molecule has 0 bridgehead atoms. The van der Waals surface area contributed by atoms with Crippen LogP contribution in [0.15, 0.2) is 12.4 Å². The Balaban J connectivity index is 2.22. The van der Waals surface area contributed by atoms with Crippen molar-refractivity contribution in [2.45, 2.75) is 6.42 Å². The van der Waals surface area contributed by atoms with Crippen molar-refractivity contribution in [2.24, 2.45) is 7.05 Å². The van der Waals surface area contributed by atoms with Crippen molar-refractivity contribution in [2.75, 3.05) is 12.4 Å². The maximum atomic E-state index is 4.24. The maximum Gasteiger partial charge on any atom is 0.163 e. The van der Waals surface area contributed by atoms with E-state index in [0.29, 0.717) is 0 Å². The average Bonchev–Trinajstić information content (AvgIpc) is 2.77. The summed E-state index contributed by atoms with van der Waals surface area (Å²) in [5, 5.41) is 3.01. The van der Waals surface area contributed by atoms with Crippen molar-refractivity contribution in [3.05, 3.63) is 23.9 Å². The first-order valence-electron chi connectivity index (χ1n) is 4.26. The summed E-state index contributed by atoms with van der Waals surface area (Å²) in [7, 11) is 3.82. The number of hydrogen-bond acceptors (Lipinski definition) is 5. The Kier molecular flexibility index (Phi) is 2.45. The van der Waals surface area contributed by atoms with Gasteiger partial charge in [0.05, 0.1) is 18.1 Å². The van der Waals surface area contributed by atoms with E-state index in [1.54, 1.807) is 6.20 Å². The molecule has 0 aliphatic rings. The second-order valence-corrected chi connectivity index (χ2v) is 3.47. The molecule has 14 heavy (non-hydrogen) atoms. The zero-order chi connectivity index (χ0) is 9.97. The zero-order valence-corrected chi connectivity index (χ0v) is 8.88. The van der Waals surface area contributed by atoms with Crippen molar-refractivity contribution < 1.29 is 0 Å². The van der Waals surface area contributed by atoms with Gasteiger partial charge in [0, 0.05) is 26.5 Å². The minimum atomic E-state index is 0.718. The van der Waals surface area contributed by atoms with Crippen molar-refractivity contribution in [1.82, 2.24) is 18.3 Å². The monoisotopic (exact) mass is 209 g/mol. The van der Waals surface area contributed by atoms with Crippen LogP contribution in [0.5, 0.6) is 0 Å². The van der Waals surface area contributed by atoms with E-state index in [-0.39, 0.29) is 0 Å². The van der Waals surface area contributed by atoms with Crippen LogP contribution in [0.1, 0.15) is 11.5 Å². The van der Waals surface area contributed by atoms with Crippen LogP contribution in [-0.4, -0.2) is 25.3 Å². The summed E-state index contributed by atoms with van der Waals surface area (Å²) in [6, 6.07) is 0. The standard InChI is InChI=1S/C8H11N5S/c1-9-8-6(11-14-12-8)5-7-10-3-4-13(7)2/h3-4H,5H2,1-2H3,(H,9,12). The molecule has 5 nitrogen and oxygen atoms in total. The summed E-state index contributed by atoms with van der Waals surface area (Å²) in [6.45, 7) is 0. The third-order valence-electron chi connectivity index (χ3n) is 2.04. The summed E-state index contributed by atoms with van der Waals surface area (Å²) in [5.74, 6) is 1.84. The van der Waals surface area contributed by atoms with Gasteiger partial charge in [0.2, 0.25) is 0 Å². The highest BCUT2D eigenvalue weighted by molar-refractivity contribution is 6.99. The van der Waals surface area contributed by atoms with E-state index in [9.17, 15) is 0 Å². The molecule has 2 heterocycles. The van der Waals surface area contributed by atoms with Gasteiger partial charge in [-0.1, -0.05) is 0 Å². The second-order valence-electron chi connectivity index (χ2n) is 2.94. The molecule has 0 atom stereocenters. The predicted molar refractivity (Wildman–Crippen MR) is 55.5 cm³/mol. The Morgan fingerprint density at radius 3 is 3.00 bits per heavy atom. The molecule has 0 unspecified atom stereocenters. The van der Waals surface area contributed by atoms with Crippen LogP contribution < -0.4 is 5.32 Å². The van der Waals surface area contributed by atoms with Crippen molar-refractivity contribution in [1.29, 1.82) is 0 Å². The Morgan fingerprint density at radius 1 is 1.50 bits per heavy atom. The van der Waals surface area contributed by atoms with Gasteiger partial charge in [-0.05, 0) is 0 Å². The van der Waals surface area contributed by atoms with E-state index in [1.165, 1.54) is 11.7 Å². The highest BCUT2D eigenvalue weighted by atomic mass is 32.1. The smallest absolute Gasteiger partial charge is 0.163 e. The summed E-state index contributed by atoms with van der Waals surface area (Å²) in [4.78, 5) is 4.24. The first-order valence-corrected chi connectivity index (χ1v) is 4.99. The molecular formula is C8H11N5S. The molecule has 0 saturated carbocycles. The highest BCUT2D eigenvalue weighted by Gasteiger charge is 2.09. The van der Waals surface area contributed by atoms with Crippen molar-refractivity contribution >= 4 is 17.5 Å². The van der Waals surface area contributed by atoms with Crippen LogP contribution in [0.3, 0.4) is 0 Å². The third kappa shape index (κ3) is 1.60. The molecule has 0 radical (unpaired) electrons. The predicted octanol–water partition coefficient (Wildman–Crippen LogP) is 0.904. The number of hydrogen-bond donors (Lipinski definition) is 1.